The summed E-state index contributed by atoms with van der Waals surface area (Å²) in [6, 6.07) is 13.3. The summed E-state index contributed by atoms with van der Waals surface area (Å²) >= 11 is 7.58. The first-order valence-electron chi connectivity index (χ1n) is 9.12. The highest BCUT2D eigenvalue weighted by molar-refractivity contribution is 7.10. The Labute approximate surface area is 178 Å². The molecule has 0 radical (unpaired) electrons. The zero-order chi connectivity index (χ0) is 20.6. The second-order valence-corrected chi connectivity index (χ2v) is 7.75. The lowest BCUT2D eigenvalue weighted by atomic mass is 10.2. The summed E-state index contributed by atoms with van der Waals surface area (Å²) in [4.78, 5) is 13.3. The molecule has 3 rings (SSSR count). The van der Waals surface area contributed by atoms with Gasteiger partial charge in [-0.3, -0.25) is 4.79 Å². The lowest BCUT2D eigenvalue weighted by Gasteiger charge is -2.08. The standard InChI is InChI=1S/C22H20ClFN2O2S/c1-2-3-20-10-17(14-29-20)22(27)26-25-12-15-4-8-19(9-5-15)28-13-16-6-7-18(24)11-21(16)23/h4-12,14H,2-3,13H2,1H3,(H,26,27)/b25-12-. The average molecular weight is 431 g/mol. The number of nitrogens with zero attached hydrogens (tertiary/aromatic N) is 1. The van der Waals surface area contributed by atoms with Gasteiger partial charge < -0.3 is 4.74 Å². The van der Waals surface area contributed by atoms with Gasteiger partial charge in [0.15, 0.2) is 0 Å². The molecule has 0 aliphatic carbocycles. The molecule has 7 heteroatoms. The number of hydrogen-bond donors (Lipinski definition) is 1. The van der Waals surface area contributed by atoms with Crippen LogP contribution in [0.5, 0.6) is 5.75 Å². The molecule has 0 saturated heterocycles. The molecule has 1 heterocycles. The molecule has 0 spiro atoms. The minimum atomic E-state index is -0.380. The number of carbonyl (C=O) groups excluding carboxylic acids is 1. The van der Waals surface area contributed by atoms with Crippen LogP contribution in [0.1, 0.15) is 39.7 Å². The smallest absolute Gasteiger partial charge is 0.272 e. The van der Waals surface area contributed by atoms with Gasteiger partial charge in [0.2, 0.25) is 0 Å². The molecule has 3 aromatic rings. The fourth-order valence-corrected chi connectivity index (χ4v) is 3.75. The van der Waals surface area contributed by atoms with Gasteiger partial charge in [0, 0.05) is 15.8 Å². The van der Waals surface area contributed by atoms with Crippen molar-refractivity contribution in [2.24, 2.45) is 5.10 Å². The average Bonchev–Trinajstić information content (AvgIpc) is 3.17. The van der Waals surface area contributed by atoms with E-state index in [1.54, 1.807) is 35.8 Å². The summed E-state index contributed by atoms with van der Waals surface area (Å²) in [7, 11) is 0. The Morgan fingerprint density at radius 2 is 2.03 bits per heavy atom. The highest BCUT2D eigenvalue weighted by Crippen LogP contribution is 2.20. The molecule has 0 fully saturated rings. The van der Waals surface area contributed by atoms with E-state index in [0.717, 1.165) is 18.4 Å². The van der Waals surface area contributed by atoms with Gasteiger partial charge >= 0.3 is 0 Å². The van der Waals surface area contributed by atoms with E-state index in [1.165, 1.54) is 17.0 Å². The number of hydrazone groups is 1. The minimum absolute atomic E-state index is 0.226. The zero-order valence-electron chi connectivity index (χ0n) is 15.8. The number of benzene rings is 2. The van der Waals surface area contributed by atoms with Crippen LogP contribution in [0.3, 0.4) is 0 Å². The van der Waals surface area contributed by atoms with E-state index in [1.807, 2.05) is 23.6 Å². The van der Waals surface area contributed by atoms with Crippen LogP contribution < -0.4 is 10.2 Å². The number of halogens is 2. The highest BCUT2D eigenvalue weighted by atomic mass is 35.5. The van der Waals surface area contributed by atoms with Crippen molar-refractivity contribution in [3.63, 3.8) is 0 Å². The van der Waals surface area contributed by atoms with E-state index in [2.05, 4.69) is 17.5 Å². The number of aryl methyl sites for hydroxylation is 1. The van der Waals surface area contributed by atoms with E-state index >= 15 is 0 Å². The zero-order valence-corrected chi connectivity index (χ0v) is 17.4. The van der Waals surface area contributed by atoms with Crippen LogP contribution in [0.25, 0.3) is 0 Å². The van der Waals surface area contributed by atoms with E-state index in [9.17, 15) is 9.18 Å². The first kappa shape index (κ1) is 21.0. The van der Waals surface area contributed by atoms with Crippen LogP contribution >= 0.6 is 22.9 Å². The molecule has 0 aliphatic rings. The maximum absolute atomic E-state index is 13.1. The van der Waals surface area contributed by atoms with Gasteiger partial charge in [0.1, 0.15) is 18.2 Å². The number of carbonyl (C=O) groups is 1. The predicted molar refractivity (Wildman–Crippen MR) is 116 cm³/mol. The predicted octanol–water partition coefficient (Wildman–Crippen LogP) is 5.84. The number of nitrogens with one attached hydrogen (secondary N) is 1. The number of ether oxygens (including phenoxy) is 1. The molecule has 4 nitrogen and oxygen atoms in total. The number of hydrogen-bond acceptors (Lipinski definition) is 4. The van der Waals surface area contributed by atoms with Gasteiger partial charge in [-0.2, -0.15) is 5.10 Å². The van der Waals surface area contributed by atoms with Crippen LogP contribution in [-0.2, 0) is 13.0 Å². The summed E-state index contributed by atoms with van der Waals surface area (Å²) in [6.45, 7) is 2.35. The van der Waals surface area contributed by atoms with Crippen molar-refractivity contribution < 1.29 is 13.9 Å². The molecule has 150 valence electrons. The highest BCUT2D eigenvalue weighted by Gasteiger charge is 2.07. The Morgan fingerprint density at radius 1 is 1.24 bits per heavy atom. The summed E-state index contributed by atoms with van der Waals surface area (Å²) in [6.07, 6.45) is 3.59. The van der Waals surface area contributed by atoms with Gasteiger partial charge in [0.25, 0.3) is 5.91 Å². The Hall–Kier alpha value is -2.70. The van der Waals surface area contributed by atoms with Crippen molar-refractivity contribution in [3.05, 3.63) is 86.3 Å². The molecular weight excluding hydrogens is 411 g/mol. The molecule has 1 aromatic heterocycles. The lowest BCUT2D eigenvalue weighted by Crippen LogP contribution is -2.16. The molecule has 2 aromatic carbocycles. The lowest BCUT2D eigenvalue weighted by molar-refractivity contribution is 0.0955. The van der Waals surface area contributed by atoms with E-state index in [-0.39, 0.29) is 18.3 Å². The molecule has 1 amide bonds. The number of rotatable bonds is 8. The van der Waals surface area contributed by atoms with E-state index in [4.69, 9.17) is 16.3 Å². The summed E-state index contributed by atoms with van der Waals surface area (Å²) in [5, 5.41) is 6.18. The minimum Gasteiger partial charge on any atom is -0.489 e. The van der Waals surface area contributed by atoms with Crippen molar-refractivity contribution in [3.8, 4) is 5.75 Å². The summed E-state index contributed by atoms with van der Waals surface area (Å²) in [5.41, 5.74) is 4.68. The first-order chi connectivity index (χ1) is 14.0. The maximum Gasteiger partial charge on any atom is 0.272 e. The molecule has 1 N–H and O–H groups in total. The number of amides is 1. The molecule has 0 saturated carbocycles. The Balaban J connectivity index is 1.51. The third-order valence-electron chi connectivity index (χ3n) is 4.08. The van der Waals surface area contributed by atoms with Gasteiger partial charge in [-0.15, -0.1) is 11.3 Å². The summed E-state index contributed by atoms with van der Waals surface area (Å²) in [5.74, 6) is 0.0409. The van der Waals surface area contributed by atoms with Crippen LogP contribution in [-0.4, -0.2) is 12.1 Å². The first-order valence-corrected chi connectivity index (χ1v) is 10.4. The third-order valence-corrected chi connectivity index (χ3v) is 5.43. The molecule has 0 bridgehead atoms. The SMILES string of the molecule is CCCc1cc(C(=O)N/N=C\c2ccc(OCc3ccc(F)cc3Cl)cc2)cs1. The molecule has 0 unspecified atom stereocenters. The fraction of sp³-hybridized carbons (Fsp3) is 0.182. The maximum atomic E-state index is 13.1. The fourth-order valence-electron chi connectivity index (χ4n) is 2.56. The van der Waals surface area contributed by atoms with E-state index in [0.29, 0.717) is 21.9 Å². The van der Waals surface area contributed by atoms with Crippen molar-refractivity contribution in [2.75, 3.05) is 0 Å². The van der Waals surface area contributed by atoms with Gasteiger partial charge in [-0.25, -0.2) is 9.82 Å². The third kappa shape index (κ3) is 6.14. The Morgan fingerprint density at radius 3 is 2.76 bits per heavy atom. The normalized spacial score (nSPS) is 11.0. The van der Waals surface area contributed by atoms with Gasteiger partial charge in [0.05, 0.1) is 16.8 Å². The van der Waals surface area contributed by atoms with Crippen molar-refractivity contribution in [1.82, 2.24) is 5.43 Å². The molecule has 0 atom stereocenters. The summed E-state index contributed by atoms with van der Waals surface area (Å²) < 4.78 is 18.7. The quantitative estimate of drug-likeness (QED) is 0.360. The van der Waals surface area contributed by atoms with Crippen molar-refractivity contribution in [1.29, 1.82) is 0 Å². The topological polar surface area (TPSA) is 50.7 Å². The van der Waals surface area contributed by atoms with Gasteiger partial charge in [-0.05, 0) is 54.4 Å². The van der Waals surface area contributed by atoms with Crippen LogP contribution in [0.15, 0.2) is 59.0 Å². The second-order valence-electron chi connectivity index (χ2n) is 6.34. The van der Waals surface area contributed by atoms with Crippen LogP contribution in [0, 0.1) is 5.82 Å². The van der Waals surface area contributed by atoms with Crippen LogP contribution in [0.2, 0.25) is 5.02 Å². The largest absolute Gasteiger partial charge is 0.489 e. The Kier molecular flexibility index (Phi) is 7.38. The Bertz CT molecular complexity index is 1000. The van der Waals surface area contributed by atoms with Crippen LogP contribution in [0.4, 0.5) is 4.39 Å². The monoisotopic (exact) mass is 430 g/mol. The van der Waals surface area contributed by atoms with Crippen molar-refractivity contribution in [2.45, 2.75) is 26.4 Å². The van der Waals surface area contributed by atoms with Gasteiger partial charge in [-0.1, -0.05) is 31.0 Å². The molecular formula is C22H20ClFN2O2S. The molecule has 0 aliphatic heterocycles. The number of thiophene rings is 1. The van der Waals surface area contributed by atoms with Crippen molar-refractivity contribution >= 4 is 35.1 Å². The van der Waals surface area contributed by atoms with E-state index < -0.39 is 0 Å². The molecule has 29 heavy (non-hydrogen) atoms. The second kappa shape index (κ2) is 10.2.